The molecule has 0 fully saturated rings. The van der Waals surface area contributed by atoms with Crippen molar-refractivity contribution in [3.8, 4) is 5.75 Å². The van der Waals surface area contributed by atoms with Crippen molar-refractivity contribution in [1.29, 1.82) is 0 Å². The second-order valence-electron chi connectivity index (χ2n) is 4.54. The molecule has 1 unspecified atom stereocenters. The summed E-state index contributed by atoms with van der Waals surface area (Å²) in [5.41, 5.74) is 6.50. The topological polar surface area (TPSA) is 106 Å². The molecule has 0 aliphatic heterocycles. The molecule has 4 N–H and O–H groups in total. The predicted molar refractivity (Wildman–Crippen MR) is 74.4 cm³/mol. The molecular formula is C13H17N5O2. The summed E-state index contributed by atoms with van der Waals surface area (Å²) < 4.78 is 5.58. The minimum atomic E-state index is -0.366. The summed E-state index contributed by atoms with van der Waals surface area (Å²) in [6.45, 7) is 4.21. The lowest BCUT2D eigenvalue weighted by Gasteiger charge is -2.14. The molecule has 1 aromatic heterocycles. The number of anilines is 1. The van der Waals surface area contributed by atoms with Gasteiger partial charge >= 0.3 is 0 Å². The third-order valence-corrected chi connectivity index (χ3v) is 2.62. The Hall–Kier alpha value is -2.57. The maximum atomic E-state index is 11.8. The minimum absolute atomic E-state index is 0.0405. The van der Waals surface area contributed by atoms with Gasteiger partial charge in [0.25, 0.3) is 5.91 Å². The van der Waals surface area contributed by atoms with E-state index in [0.717, 1.165) is 5.75 Å². The molecule has 0 aliphatic carbocycles. The van der Waals surface area contributed by atoms with Crippen LogP contribution in [0.25, 0.3) is 0 Å². The van der Waals surface area contributed by atoms with Crippen molar-refractivity contribution in [2.24, 2.45) is 0 Å². The van der Waals surface area contributed by atoms with Crippen LogP contribution in [-0.4, -0.2) is 33.7 Å². The Balaban J connectivity index is 1.82. The van der Waals surface area contributed by atoms with Crippen LogP contribution >= 0.6 is 0 Å². The Labute approximate surface area is 116 Å². The van der Waals surface area contributed by atoms with Crippen molar-refractivity contribution in [3.05, 3.63) is 35.7 Å². The highest BCUT2D eigenvalue weighted by molar-refractivity contribution is 5.90. The van der Waals surface area contributed by atoms with E-state index < -0.39 is 0 Å². The number of aromatic nitrogens is 3. The highest BCUT2D eigenvalue weighted by Crippen LogP contribution is 2.11. The predicted octanol–water partition coefficient (Wildman–Crippen LogP) is 0.893. The molecule has 0 radical (unpaired) electrons. The fourth-order valence-corrected chi connectivity index (χ4v) is 1.57. The first kappa shape index (κ1) is 13.9. The van der Waals surface area contributed by atoms with E-state index in [1.165, 1.54) is 5.56 Å². The first-order valence-corrected chi connectivity index (χ1v) is 6.23. The number of nitrogen functional groups attached to an aromatic ring is 1. The number of nitrogens with two attached hydrogens (primary N) is 1. The quantitative estimate of drug-likeness (QED) is 0.751. The summed E-state index contributed by atoms with van der Waals surface area (Å²) in [5.74, 6) is 0.526. The highest BCUT2D eigenvalue weighted by atomic mass is 16.5. The third kappa shape index (κ3) is 3.71. The molecule has 1 heterocycles. The van der Waals surface area contributed by atoms with Gasteiger partial charge in [-0.25, -0.2) is 0 Å². The Morgan fingerprint density at radius 2 is 2.15 bits per heavy atom. The van der Waals surface area contributed by atoms with Crippen LogP contribution in [0.1, 0.15) is 23.1 Å². The highest BCUT2D eigenvalue weighted by Gasteiger charge is 2.13. The second kappa shape index (κ2) is 6.05. The standard InChI is InChI=1S/C13H17N5O2/c1-8-3-5-10(6-4-8)20-7-9(2)15-12(19)11-16-13(14)18-17-11/h3-6,9H,7H2,1-2H3,(H,15,19)(H3,14,16,17,18). The molecule has 1 aromatic carbocycles. The van der Waals surface area contributed by atoms with E-state index >= 15 is 0 Å². The molecule has 7 nitrogen and oxygen atoms in total. The van der Waals surface area contributed by atoms with Gasteiger partial charge in [0.2, 0.25) is 11.8 Å². The van der Waals surface area contributed by atoms with E-state index in [2.05, 4.69) is 20.5 Å². The van der Waals surface area contributed by atoms with Crippen molar-refractivity contribution in [3.63, 3.8) is 0 Å². The maximum absolute atomic E-state index is 11.8. The van der Waals surface area contributed by atoms with E-state index in [0.29, 0.717) is 6.61 Å². The number of carbonyl (C=O) groups is 1. The average Bonchev–Trinajstić information content (AvgIpc) is 2.85. The third-order valence-electron chi connectivity index (χ3n) is 2.62. The van der Waals surface area contributed by atoms with Crippen LogP contribution in [0.15, 0.2) is 24.3 Å². The largest absolute Gasteiger partial charge is 0.491 e. The molecule has 0 aliphatic rings. The number of nitrogens with zero attached hydrogens (tertiary/aromatic N) is 2. The molecule has 2 aromatic rings. The van der Waals surface area contributed by atoms with Gasteiger partial charge in [0.05, 0.1) is 6.04 Å². The number of hydrogen-bond acceptors (Lipinski definition) is 5. The molecule has 2 rings (SSSR count). The van der Waals surface area contributed by atoms with Crippen molar-refractivity contribution in [2.75, 3.05) is 12.3 Å². The van der Waals surface area contributed by atoms with Crippen LogP contribution in [0.5, 0.6) is 5.75 Å². The number of aromatic amines is 1. The molecule has 0 saturated carbocycles. The van der Waals surface area contributed by atoms with Gasteiger partial charge < -0.3 is 15.8 Å². The zero-order valence-electron chi connectivity index (χ0n) is 11.4. The van der Waals surface area contributed by atoms with Crippen LogP contribution < -0.4 is 15.8 Å². The second-order valence-corrected chi connectivity index (χ2v) is 4.54. The summed E-state index contributed by atoms with van der Waals surface area (Å²) >= 11 is 0. The van der Waals surface area contributed by atoms with Gasteiger partial charge in [-0.2, -0.15) is 4.98 Å². The number of aryl methyl sites for hydroxylation is 1. The van der Waals surface area contributed by atoms with E-state index in [-0.39, 0.29) is 23.7 Å². The number of carbonyl (C=O) groups excluding carboxylic acids is 1. The van der Waals surface area contributed by atoms with Crippen LogP contribution in [-0.2, 0) is 0 Å². The van der Waals surface area contributed by atoms with Gasteiger partial charge in [0.1, 0.15) is 12.4 Å². The van der Waals surface area contributed by atoms with Crippen molar-refractivity contribution >= 4 is 11.9 Å². The van der Waals surface area contributed by atoms with Gasteiger partial charge in [-0.15, -0.1) is 5.10 Å². The van der Waals surface area contributed by atoms with Gasteiger partial charge in [0, 0.05) is 0 Å². The summed E-state index contributed by atoms with van der Waals surface area (Å²) in [6.07, 6.45) is 0. The average molecular weight is 275 g/mol. The number of ether oxygens (including phenoxy) is 1. The van der Waals surface area contributed by atoms with Crippen LogP contribution in [0.3, 0.4) is 0 Å². The number of H-pyrrole nitrogens is 1. The monoisotopic (exact) mass is 275 g/mol. The molecular weight excluding hydrogens is 258 g/mol. The molecule has 0 spiro atoms. The Kier molecular flexibility index (Phi) is 4.19. The first-order chi connectivity index (χ1) is 9.54. The lowest BCUT2D eigenvalue weighted by molar-refractivity contribution is 0.0916. The maximum Gasteiger partial charge on any atom is 0.289 e. The fraction of sp³-hybridized carbons (Fsp3) is 0.308. The Morgan fingerprint density at radius 3 is 2.75 bits per heavy atom. The van der Waals surface area contributed by atoms with Crippen LogP contribution in [0.2, 0.25) is 0 Å². The summed E-state index contributed by atoms with van der Waals surface area (Å²) in [5, 5.41) is 8.79. The lowest BCUT2D eigenvalue weighted by atomic mass is 10.2. The first-order valence-electron chi connectivity index (χ1n) is 6.23. The van der Waals surface area contributed by atoms with Crippen LogP contribution in [0, 0.1) is 6.92 Å². The zero-order chi connectivity index (χ0) is 14.5. The molecule has 1 amide bonds. The number of benzene rings is 1. The van der Waals surface area contributed by atoms with Gasteiger partial charge in [0.15, 0.2) is 0 Å². The van der Waals surface area contributed by atoms with Crippen molar-refractivity contribution in [1.82, 2.24) is 20.5 Å². The number of amides is 1. The Bertz CT molecular complexity index is 579. The molecule has 0 bridgehead atoms. The van der Waals surface area contributed by atoms with E-state index in [1.54, 1.807) is 0 Å². The number of hydrogen-bond donors (Lipinski definition) is 3. The van der Waals surface area contributed by atoms with Gasteiger partial charge in [-0.1, -0.05) is 17.7 Å². The zero-order valence-corrected chi connectivity index (χ0v) is 11.4. The molecule has 7 heteroatoms. The fourth-order valence-electron chi connectivity index (χ4n) is 1.57. The van der Waals surface area contributed by atoms with Crippen molar-refractivity contribution in [2.45, 2.75) is 19.9 Å². The normalized spacial score (nSPS) is 11.9. The minimum Gasteiger partial charge on any atom is -0.491 e. The van der Waals surface area contributed by atoms with E-state index in [9.17, 15) is 4.79 Å². The summed E-state index contributed by atoms with van der Waals surface area (Å²) in [6, 6.07) is 7.54. The smallest absolute Gasteiger partial charge is 0.289 e. The summed E-state index contributed by atoms with van der Waals surface area (Å²) in [4.78, 5) is 15.5. The number of rotatable bonds is 5. The molecule has 106 valence electrons. The van der Waals surface area contributed by atoms with E-state index in [4.69, 9.17) is 10.5 Å². The van der Waals surface area contributed by atoms with E-state index in [1.807, 2.05) is 38.1 Å². The molecule has 20 heavy (non-hydrogen) atoms. The van der Waals surface area contributed by atoms with Gasteiger partial charge in [-0.3, -0.25) is 9.89 Å². The number of nitrogens with one attached hydrogen (secondary N) is 2. The summed E-state index contributed by atoms with van der Waals surface area (Å²) in [7, 11) is 0. The van der Waals surface area contributed by atoms with Gasteiger partial charge in [-0.05, 0) is 26.0 Å². The lowest BCUT2D eigenvalue weighted by Crippen LogP contribution is -2.37. The SMILES string of the molecule is Cc1ccc(OCC(C)NC(=O)c2nc(N)n[nH]2)cc1. The Morgan fingerprint density at radius 1 is 1.45 bits per heavy atom. The van der Waals surface area contributed by atoms with Crippen molar-refractivity contribution < 1.29 is 9.53 Å². The molecule has 1 atom stereocenters. The van der Waals surface area contributed by atoms with Crippen LogP contribution in [0.4, 0.5) is 5.95 Å². The molecule has 0 saturated heterocycles.